The Morgan fingerprint density at radius 1 is 1.16 bits per heavy atom. The van der Waals surface area contributed by atoms with Crippen LogP contribution < -0.4 is 9.80 Å². The molecule has 1 aliphatic heterocycles. The van der Waals surface area contributed by atoms with Gasteiger partial charge in [-0.2, -0.15) is 5.10 Å². The van der Waals surface area contributed by atoms with Crippen molar-refractivity contribution in [1.29, 1.82) is 0 Å². The Balaban J connectivity index is 1.69. The Morgan fingerprint density at radius 3 is 2.74 bits per heavy atom. The predicted molar refractivity (Wildman–Crippen MR) is 77.9 cm³/mol. The average molecular weight is 275 g/mol. The molecule has 2 aromatic rings. The van der Waals surface area contributed by atoms with E-state index in [4.69, 9.17) is 0 Å². The van der Waals surface area contributed by atoms with Gasteiger partial charge in [0, 0.05) is 43.4 Å². The summed E-state index contributed by atoms with van der Waals surface area (Å²) in [6.07, 6.45) is 4.78. The molecule has 3 heterocycles. The zero-order chi connectivity index (χ0) is 13.1. The van der Waals surface area contributed by atoms with Crippen LogP contribution in [-0.2, 0) is 0 Å². The number of rotatable bonds is 2. The Morgan fingerprint density at radius 2 is 2.00 bits per heavy atom. The largest absolute Gasteiger partial charge is 0.353 e. The highest BCUT2D eigenvalue weighted by molar-refractivity contribution is 7.15. The minimum Gasteiger partial charge on any atom is -0.353 e. The molecule has 0 amide bonds. The van der Waals surface area contributed by atoms with E-state index >= 15 is 0 Å². The smallest absolute Gasteiger partial charge is 0.185 e. The molecule has 100 valence electrons. The summed E-state index contributed by atoms with van der Waals surface area (Å²) >= 11 is 1.77. The summed E-state index contributed by atoms with van der Waals surface area (Å²) in [7, 11) is 0. The van der Waals surface area contributed by atoms with Crippen LogP contribution in [0.3, 0.4) is 0 Å². The summed E-state index contributed by atoms with van der Waals surface area (Å²) in [6, 6.07) is 3.96. The lowest BCUT2D eigenvalue weighted by atomic mass is 10.4. The van der Waals surface area contributed by atoms with Crippen molar-refractivity contribution in [2.45, 2.75) is 13.3 Å². The molecule has 0 unspecified atom stereocenters. The van der Waals surface area contributed by atoms with Crippen molar-refractivity contribution < 1.29 is 0 Å². The maximum absolute atomic E-state index is 4.48. The molecule has 19 heavy (non-hydrogen) atoms. The van der Waals surface area contributed by atoms with Crippen molar-refractivity contribution in [3.8, 4) is 0 Å². The normalized spacial score (nSPS) is 16.5. The first kappa shape index (κ1) is 12.3. The van der Waals surface area contributed by atoms with Gasteiger partial charge in [0.15, 0.2) is 10.9 Å². The molecule has 0 spiro atoms. The zero-order valence-electron chi connectivity index (χ0n) is 11.0. The fraction of sp³-hybridized carbons (Fsp3) is 0.462. The van der Waals surface area contributed by atoms with Crippen molar-refractivity contribution in [3.63, 3.8) is 0 Å². The van der Waals surface area contributed by atoms with Crippen LogP contribution in [0.2, 0.25) is 0 Å². The summed E-state index contributed by atoms with van der Waals surface area (Å²) < 4.78 is 0. The molecule has 5 nitrogen and oxygen atoms in total. The second-order valence-electron chi connectivity index (χ2n) is 4.66. The number of nitrogens with zero attached hydrogens (tertiary/aromatic N) is 5. The molecule has 0 radical (unpaired) electrons. The lowest BCUT2D eigenvalue weighted by Crippen LogP contribution is -2.31. The minimum absolute atomic E-state index is 0.970. The van der Waals surface area contributed by atoms with E-state index in [9.17, 15) is 0 Å². The van der Waals surface area contributed by atoms with E-state index in [1.807, 2.05) is 18.3 Å². The molecule has 1 fully saturated rings. The van der Waals surface area contributed by atoms with Gasteiger partial charge in [-0.3, -0.25) is 0 Å². The third-order valence-electron chi connectivity index (χ3n) is 3.26. The van der Waals surface area contributed by atoms with Gasteiger partial charge in [0.2, 0.25) is 0 Å². The number of hydrogen-bond acceptors (Lipinski definition) is 6. The van der Waals surface area contributed by atoms with Gasteiger partial charge in [-0.15, -0.1) is 16.4 Å². The summed E-state index contributed by atoms with van der Waals surface area (Å²) in [6.45, 7) is 6.15. The Bertz CT molecular complexity index is 527. The quantitative estimate of drug-likeness (QED) is 0.838. The molecule has 1 aliphatic rings. The van der Waals surface area contributed by atoms with E-state index in [0.717, 1.165) is 43.5 Å². The van der Waals surface area contributed by atoms with Gasteiger partial charge in [-0.05, 0) is 25.5 Å². The topological polar surface area (TPSA) is 45.2 Å². The van der Waals surface area contributed by atoms with E-state index < -0.39 is 0 Å². The summed E-state index contributed by atoms with van der Waals surface area (Å²) in [5.74, 6) is 0.972. The van der Waals surface area contributed by atoms with Gasteiger partial charge in [-0.1, -0.05) is 0 Å². The lowest BCUT2D eigenvalue weighted by molar-refractivity contribution is 0.786. The molecule has 0 atom stereocenters. The first-order valence-electron chi connectivity index (χ1n) is 6.53. The van der Waals surface area contributed by atoms with Crippen LogP contribution in [0.4, 0.5) is 10.9 Å². The second kappa shape index (κ2) is 5.52. The molecule has 3 rings (SSSR count). The number of hydrogen-bond donors (Lipinski definition) is 0. The monoisotopic (exact) mass is 275 g/mol. The molecule has 0 bridgehead atoms. The van der Waals surface area contributed by atoms with Crippen LogP contribution in [0.15, 0.2) is 24.5 Å². The summed E-state index contributed by atoms with van der Waals surface area (Å²) in [5.41, 5.74) is 0. The van der Waals surface area contributed by atoms with Crippen molar-refractivity contribution in [1.82, 2.24) is 15.2 Å². The molecule has 1 saturated heterocycles. The van der Waals surface area contributed by atoms with Crippen molar-refractivity contribution in [3.05, 3.63) is 29.4 Å². The number of thiazole rings is 1. The zero-order valence-corrected chi connectivity index (χ0v) is 11.8. The fourth-order valence-electron chi connectivity index (χ4n) is 2.29. The molecule has 2 aromatic heterocycles. The number of anilines is 2. The number of aryl methyl sites for hydroxylation is 1. The minimum atomic E-state index is 0.970. The molecule has 0 N–H and O–H groups in total. The van der Waals surface area contributed by atoms with Crippen LogP contribution in [-0.4, -0.2) is 41.4 Å². The van der Waals surface area contributed by atoms with Crippen molar-refractivity contribution in [2.24, 2.45) is 0 Å². The van der Waals surface area contributed by atoms with Gasteiger partial charge in [0.05, 0.1) is 0 Å². The molecular formula is C13H17N5S. The first-order chi connectivity index (χ1) is 9.33. The highest BCUT2D eigenvalue weighted by atomic mass is 32.1. The van der Waals surface area contributed by atoms with Gasteiger partial charge in [-0.25, -0.2) is 4.98 Å². The van der Waals surface area contributed by atoms with Crippen LogP contribution >= 0.6 is 11.3 Å². The third-order valence-corrected chi connectivity index (χ3v) is 4.23. The van der Waals surface area contributed by atoms with Crippen LogP contribution in [0.1, 0.15) is 11.3 Å². The molecule has 6 heteroatoms. The van der Waals surface area contributed by atoms with E-state index in [-0.39, 0.29) is 0 Å². The summed E-state index contributed by atoms with van der Waals surface area (Å²) in [5, 5.41) is 9.28. The Kier molecular flexibility index (Phi) is 3.59. The summed E-state index contributed by atoms with van der Waals surface area (Å²) in [4.78, 5) is 10.4. The standard InChI is InChI=1S/C13H17N5S/c1-11-10-14-13(19-11)18-7-3-6-17(8-9-18)12-4-2-5-15-16-12/h2,4-5,10H,3,6-9H2,1H3. The van der Waals surface area contributed by atoms with Crippen LogP contribution in [0.25, 0.3) is 0 Å². The first-order valence-corrected chi connectivity index (χ1v) is 7.34. The van der Waals surface area contributed by atoms with Crippen molar-refractivity contribution >= 4 is 22.3 Å². The van der Waals surface area contributed by atoms with Gasteiger partial charge in [0.25, 0.3) is 0 Å². The van der Waals surface area contributed by atoms with E-state index in [1.165, 1.54) is 4.88 Å². The van der Waals surface area contributed by atoms with Gasteiger partial charge >= 0.3 is 0 Å². The Hall–Kier alpha value is -1.69. The van der Waals surface area contributed by atoms with Crippen LogP contribution in [0.5, 0.6) is 0 Å². The van der Waals surface area contributed by atoms with E-state index in [2.05, 4.69) is 31.9 Å². The van der Waals surface area contributed by atoms with E-state index in [1.54, 1.807) is 17.5 Å². The number of aromatic nitrogens is 3. The lowest BCUT2D eigenvalue weighted by Gasteiger charge is -2.21. The maximum atomic E-state index is 4.48. The fourth-order valence-corrected chi connectivity index (χ4v) is 3.10. The predicted octanol–water partition coefficient (Wildman–Crippen LogP) is 1.96. The van der Waals surface area contributed by atoms with Crippen LogP contribution in [0, 0.1) is 6.92 Å². The highest BCUT2D eigenvalue weighted by Crippen LogP contribution is 2.23. The van der Waals surface area contributed by atoms with E-state index in [0.29, 0.717) is 0 Å². The molecule has 0 aliphatic carbocycles. The SMILES string of the molecule is Cc1cnc(N2CCCN(c3cccnn3)CC2)s1. The third kappa shape index (κ3) is 2.84. The highest BCUT2D eigenvalue weighted by Gasteiger charge is 2.18. The van der Waals surface area contributed by atoms with Gasteiger partial charge in [0.1, 0.15) is 0 Å². The molecule has 0 saturated carbocycles. The average Bonchev–Trinajstić information content (AvgIpc) is 2.74. The second-order valence-corrected chi connectivity index (χ2v) is 5.88. The Labute approximate surface area is 116 Å². The molecular weight excluding hydrogens is 258 g/mol. The molecule has 0 aromatic carbocycles. The van der Waals surface area contributed by atoms with Gasteiger partial charge < -0.3 is 9.80 Å². The maximum Gasteiger partial charge on any atom is 0.185 e. The van der Waals surface area contributed by atoms with Crippen molar-refractivity contribution in [2.75, 3.05) is 36.0 Å².